The third-order valence-electron chi connectivity index (χ3n) is 2.11. The number of anilines is 2. The van der Waals surface area contributed by atoms with E-state index in [0.717, 1.165) is 11.4 Å². The summed E-state index contributed by atoms with van der Waals surface area (Å²) in [4.78, 5) is 0. The van der Waals surface area contributed by atoms with Crippen LogP contribution in [0.15, 0.2) is 42.5 Å². The van der Waals surface area contributed by atoms with Gasteiger partial charge in [0, 0.05) is 5.02 Å². The van der Waals surface area contributed by atoms with Crippen LogP contribution in [0.25, 0.3) is 0 Å². The standard InChI is InChI=1S/C12H9Cl3N2/c13-8-1-3-9(4-2-8)16-17-10-5-6-11(14)12(15)7-10/h1-7,16-17H. The smallest absolute Gasteiger partial charge is 0.0613 e. The Balaban J connectivity index is 2.02. The van der Waals surface area contributed by atoms with Gasteiger partial charge in [-0.15, -0.1) is 0 Å². The quantitative estimate of drug-likeness (QED) is 0.769. The van der Waals surface area contributed by atoms with Gasteiger partial charge in [0.2, 0.25) is 0 Å². The third kappa shape index (κ3) is 3.43. The monoisotopic (exact) mass is 286 g/mol. The normalized spacial score (nSPS) is 10.1. The molecule has 0 bridgehead atoms. The van der Waals surface area contributed by atoms with Crippen molar-refractivity contribution in [1.29, 1.82) is 0 Å². The molecule has 5 heteroatoms. The molecule has 0 aliphatic carbocycles. The van der Waals surface area contributed by atoms with Crippen LogP contribution in [0.3, 0.4) is 0 Å². The molecule has 0 aliphatic heterocycles. The largest absolute Gasteiger partial charge is 0.301 e. The van der Waals surface area contributed by atoms with Crippen LogP contribution in [0.1, 0.15) is 0 Å². The molecule has 0 saturated heterocycles. The molecule has 0 amide bonds. The van der Waals surface area contributed by atoms with Gasteiger partial charge < -0.3 is 10.9 Å². The fourth-order valence-corrected chi connectivity index (χ4v) is 1.68. The summed E-state index contributed by atoms with van der Waals surface area (Å²) in [6.45, 7) is 0. The Kier molecular flexibility index (Phi) is 4.00. The van der Waals surface area contributed by atoms with Gasteiger partial charge in [-0.1, -0.05) is 34.8 Å². The van der Waals surface area contributed by atoms with E-state index < -0.39 is 0 Å². The summed E-state index contributed by atoms with van der Waals surface area (Å²) >= 11 is 17.5. The average molecular weight is 288 g/mol. The van der Waals surface area contributed by atoms with E-state index in [0.29, 0.717) is 15.1 Å². The van der Waals surface area contributed by atoms with Gasteiger partial charge in [-0.25, -0.2) is 0 Å². The number of halogens is 3. The first-order valence-electron chi connectivity index (χ1n) is 4.88. The van der Waals surface area contributed by atoms with Gasteiger partial charge in [-0.2, -0.15) is 0 Å². The molecule has 2 N–H and O–H groups in total. The summed E-state index contributed by atoms with van der Waals surface area (Å²) in [5, 5.41) is 1.74. The van der Waals surface area contributed by atoms with E-state index in [2.05, 4.69) is 10.9 Å². The van der Waals surface area contributed by atoms with Crippen LogP contribution in [0.4, 0.5) is 11.4 Å². The van der Waals surface area contributed by atoms with Crippen molar-refractivity contribution in [1.82, 2.24) is 0 Å². The number of hydrogen-bond acceptors (Lipinski definition) is 2. The number of nitrogens with one attached hydrogen (secondary N) is 2. The van der Waals surface area contributed by atoms with Crippen LogP contribution >= 0.6 is 34.8 Å². The molecule has 88 valence electrons. The summed E-state index contributed by atoms with van der Waals surface area (Å²) in [5.74, 6) is 0. The molecule has 0 aromatic heterocycles. The molecule has 0 radical (unpaired) electrons. The summed E-state index contributed by atoms with van der Waals surface area (Å²) in [5.41, 5.74) is 7.77. The van der Waals surface area contributed by atoms with Gasteiger partial charge in [0.25, 0.3) is 0 Å². The lowest BCUT2D eigenvalue weighted by molar-refractivity contribution is 1.41. The average Bonchev–Trinajstić information content (AvgIpc) is 2.33. The van der Waals surface area contributed by atoms with Crippen molar-refractivity contribution in [2.24, 2.45) is 0 Å². The highest BCUT2D eigenvalue weighted by molar-refractivity contribution is 6.42. The molecule has 2 rings (SSSR count). The van der Waals surface area contributed by atoms with Crippen molar-refractivity contribution < 1.29 is 0 Å². The zero-order chi connectivity index (χ0) is 12.3. The zero-order valence-electron chi connectivity index (χ0n) is 8.68. The fraction of sp³-hybridized carbons (Fsp3) is 0. The summed E-state index contributed by atoms with van der Waals surface area (Å²) < 4.78 is 0. The molecule has 0 heterocycles. The molecule has 2 nitrogen and oxygen atoms in total. The molecule has 2 aromatic carbocycles. The van der Waals surface area contributed by atoms with Crippen LogP contribution in [0.5, 0.6) is 0 Å². The van der Waals surface area contributed by atoms with Crippen molar-refractivity contribution in [3.63, 3.8) is 0 Å². The number of hydrazine groups is 1. The van der Waals surface area contributed by atoms with Crippen LogP contribution in [0, 0.1) is 0 Å². The summed E-state index contributed by atoms with van der Waals surface area (Å²) in [6, 6.07) is 12.7. The Morgan fingerprint density at radius 3 is 1.88 bits per heavy atom. The Morgan fingerprint density at radius 1 is 0.647 bits per heavy atom. The predicted molar refractivity (Wildman–Crippen MR) is 75.2 cm³/mol. The Morgan fingerprint density at radius 2 is 1.24 bits per heavy atom. The lowest BCUT2D eigenvalue weighted by Crippen LogP contribution is -2.08. The minimum absolute atomic E-state index is 0.509. The number of benzene rings is 2. The molecular formula is C12H9Cl3N2. The second kappa shape index (κ2) is 5.50. The Bertz CT molecular complexity index is 512. The lowest BCUT2D eigenvalue weighted by atomic mass is 10.3. The van der Waals surface area contributed by atoms with Crippen LogP contribution < -0.4 is 10.9 Å². The highest BCUT2D eigenvalue weighted by atomic mass is 35.5. The van der Waals surface area contributed by atoms with Crippen molar-refractivity contribution in [3.05, 3.63) is 57.5 Å². The van der Waals surface area contributed by atoms with Gasteiger partial charge in [0.1, 0.15) is 0 Å². The van der Waals surface area contributed by atoms with Crippen molar-refractivity contribution in [3.8, 4) is 0 Å². The first-order valence-corrected chi connectivity index (χ1v) is 6.01. The molecule has 0 spiro atoms. The first-order chi connectivity index (χ1) is 8.15. The zero-order valence-corrected chi connectivity index (χ0v) is 10.9. The lowest BCUT2D eigenvalue weighted by Gasteiger charge is -2.10. The molecule has 0 atom stereocenters. The fourth-order valence-electron chi connectivity index (χ4n) is 1.25. The summed E-state index contributed by atoms with van der Waals surface area (Å²) in [6.07, 6.45) is 0. The predicted octanol–water partition coefficient (Wildman–Crippen LogP) is 5.09. The molecule has 0 saturated carbocycles. The van der Waals surface area contributed by atoms with E-state index >= 15 is 0 Å². The first kappa shape index (κ1) is 12.4. The highest BCUT2D eigenvalue weighted by Crippen LogP contribution is 2.25. The SMILES string of the molecule is Clc1ccc(NNc2ccc(Cl)c(Cl)c2)cc1. The molecular weight excluding hydrogens is 279 g/mol. The maximum Gasteiger partial charge on any atom is 0.0613 e. The minimum atomic E-state index is 0.509. The summed E-state index contributed by atoms with van der Waals surface area (Å²) in [7, 11) is 0. The van der Waals surface area contributed by atoms with Gasteiger partial charge >= 0.3 is 0 Å². The maximum atomic E-state index is 5.90. The number of rotatable bonds is 3. The Hall–Kier alpha value is -1.09. The van der Waals surface area contributed by atoms with Crippen LogP contribution in [-0.4, -0.2) is 0 Å². The van der Waals surface area contributed by atoms with Gasteiger partial charge in [0.05, 0.1) is 21.4 Å². The molecule has 0 unspecified atom stereocenters. The van der Waals surface area contributed by atoms with Crippen molar-refractivity contribution in [2.75, 3.05) is 10.9 Å². The van der Waals surface area contributed by atoms with E-state index in [4.69, 9.17) is 34.8 Å². The van der Waals surface area contributed by atoms with E-state index in [1.165, 1.54) is 0 Å². The van der Waals surface area contributed by atoms with Crippen molar-refractivity contribution in [2.45, 2.75) is 0 Å². The van der Waals surface area contributed by atoms with Gasteiger partial charge in [-0.3, -0.25) is 0 Å². The molecule has 17 heavy (non-hydrogen) atoms. The van der Waals surface area contributed by atoms with E-state index in [-0.39, 0.29) is 0 Å². The second-order valence-electron chi connectivity index (χ2n) is 3.39. The molecule has 0 aliphatic rings. The highest BCUT2D eigenvalue weighted by Gasteiger charge is 1.98. The molecule has 2 aromatic rings. The van der Waals surface area contributed by atoms with Crippen LogP contribution in [0.2, 0.25) is 15.1 Å². The van der Waals surface area contributed by atoms with Gasteiger partial charge in [-0.05, 0) is 42.5 Å². The third-order valence-corrected chi connectivity index (χ3v) is 3.11. The number of hydrogen-bond donors (Lipinski definition) is 2. The topological polar surface area (TPSA) is 24.1 Å². The van der Waals surface area contributed by atoms with E-state index in [1.54, 1.807) is 24.3 Å². The maximum absolute atomic E-state index is 5.90. The van der Waals surface area contributed by atoms with E-state index in [9.17, 15) is 0 Å². The van der Waals surface area contributed by atoms with Crippen molar-refractivity contribution >= 4 is 46.2 Å². The Labute approximate surface area is 114 Å². The van der Waals surface area contributed by atoms with Gasteiger partial charge in [0.15, 0.2) is 0 Å². The molecule has 0 fully saturated rings. The van der Waals surface area contributed by atoms with Crippen LogP contribution in [-0.2, 0) is 0 Å². The van der Waals surface area contributed by atoms with E-state index in [1.807, 2.05) is 18.2 Å². The minimum Gasteiger partial charge on any atom is -0.301 e. The second-order valence-corrected chi connectivity index (χ2v) is 4.64.